The van der Waals surface area contributed by atoms with Crippen molar-refractivity contribution in [2.24, 2.45) is 0 Å². The smallest absolute Gasteiger partial charge is 0.254 e. The van der Waals surface area contributed by atoms with E-state index in [1.807, 2.05) is 66.5 Å². The topological polar surface area (TPSA) is 36.4 Å². The predicted molar refractivity (Wildman–Crippen MR) is 92.6 cm³/mol. The summed E-state index contributed by atoms with van der Waals surface area (Å²) in [6, 6.07) is 13.8. The highest BCUT2D eigenvalue weighted by molar-refractivity contribution is 5.94. The Balaban J connectivity index is 1.85. The summed E-state index contributed by atoms with van der Waals surface area (Å²) in [4.78, 5) is 21.4. The van der Waals surface area contributed by atoms with Crippen LogP contribution in [0.5, 0.6) is 0 Å². The number of nitrogens with zero attached hydrogens (tertiary/aromatic N) is 3. The van der Waals surface area contributed by atoms with Crippen molar-refractivity contribution in [2.75, 3.05) is 25.5 Å². The molecule has 1 aromatic heterocycles. The van der Waals surface area contributed by atoms with Gasteiger partial charge in [0, 0.05) is 32.4 Å². The minimum Gasteiger partial charge on any atom is -0.363 e. The summed E-state index contributed by atoms with van der Waals surface area (Å²) in [5.74, 6) is 1.05. The van der Waals surface area contributed by atoms with Crippen LogP contribution in [0.1, 0.15) is 41.2 Å². The quantitative estimate of drug-likeness (QED) is 0.870. The number of aromatic nitrogens is 1. The summed E-state index contributed by atoms with van der Waals surface area (Å²) in [6.07, 6.45) is 5.13. The van der Waals surface area contributed by atoms with Gasteiger partial charge in [0.15, 0.2) is 0 Å². The SMILES string of the molecule is CN(C)c1ccc(C2CCCCN2C(=O)c2ccccc2)cn1. The molecule has 1 amide bonds. The van der Waals surface area contributed by atoms with E-state index >= 15 is 0 Å². The van der Waals surface area contributed by atoms with Crippen LogP contribution in [0.3, 0.4) is 0 Å². The minimum atomic E-state index is 0.118. The van der Waals surface area contributed by atoms with E-state index < -0.39 is 0 Å². The van der Waals surface area contributed by atoms with Crippen LogP contribution in [-0.4, -0.2) is 36.4 Å². The van der Waals surface area contributed by atoms with Crippen molar-refractivity contribution in [1.82, 2.24) is 9.88 Å². The van der Waals surface area contributed by atoms with Crippen molar-refractivity contribution >= 4 is 11.7 Å². The molecule has 1 aliphatic heterocycles. The van der Waals surface area contributed by atoms with Gasteiger partial charge in [0.1, 0.15) is 5.82 Å². The zero-order valence-electron chi connectivity index (χ0n) is 13.8. The molecule has 1 fully saturated rings. The summed E-state index contributed by atoms with van der Waals surface area (Å²) < 4.78 is 0. The molecule has 1 atom stereocenters. The Morgan fingerprint density at radius 3 is 2.57 bits per heavy atom. The van der Waals surface area contributed by atoms with Gasteiger partial charge in [-0.1, -0.05) is 24.3 Å². The summed E-state index contributed by atoms with van der Waals surface area (Å²) in [5.41, 5.74) is 1.89. The van der Waals surface area contributed by atoms with E-state index in [0.717, 1.165) is 42.8 Å². The molecule has 3 rings (SSSR count). The first-order chi connectivity index (χ1) is 11.2. The molecule has 2 heterocycles. The maximum absolute atomic E-state index is 12.9. The lowest BCUT2D eigenvalue weighted by atomic mass is 9.95. The number of pyridine rings is 1. The Morgan fingerprint density at radius 2 is 1.91 bits per heavy atom. The molecule has 4 heteroatoms. The van der Waals surface area contributed by atoms with Crippen LogP contribution < -0.4 is 4.90 Å². The molecule has 0 radical (unpaired) electrons. The predicted octanol–water partition coefficient (Wildman–Crippen LogP) is 3.52. The lowest BCUT2D eigenvalue weighted by molar-refractivity contribution is 0.0611. The van der Waals surface area contributed by atoms with E-state index in [0.29, 0.717) is 0 Å². The minimum absolute atomic E-state index is 0.118. The average Bonchev–Trinajstić information content (AvgIpc) is 2.62. The third kappa shape index (κ3) is 3.36. The summed E-state index contributed by atoms with van der Waals surface area (Å²) in [7, 11) is 3.96. The van der Waals surface area contributed by atoms with Gasteiger partial charge >= 0.3 is 0 Å². The number of hydrogen-bond acceptors (Lipinski definition) is 3. The van der Waals surface area contributed by atoms with Gasteiger partial charge in [-0.15, -0.1) is 0 Å². The first-order valence-corrected chi connectivity index (χ1v) is 8.16. The van der Waals surface area contributed by atoms with Crippen LogP contribution in [0.4, 0.5) is 5.82 Å². The zero-order valence-corrected chi connectivity index (χ0v) is 13.8. The Hall–Kier alpha value is -2.36. The van der Waals surface area contributed by atoms with Gasteiger partial charge in [-0.2, -0.15) is 0 Å². The van der Waals surface area contributed by atoms with Crippen LogP contribution in [0.15, 0.2) is 48.7 Å². The van der Waals surface area contributed by atoms with E-state index in [1.165, 1.54) is 0 Å². The van der Waals surface area contributed by atoms with Gasteiger partial charge in [0.05, 0.1) is 6.04 Å². The van der Waals surface area contributed by atoms with Gasteiger partial charge in [-0.3, -0.25) is 4.79 Å². The largest absolute Gasteiger partial charge is 0.363 e. The Bertz CT molecular complexity index is 652. The normalized spacial score (nSPS) is 17.8. The third-order valence-electron chi connectivity index (χ3n) is 4.40. The molecule has 23 heavy (non-hydrogen) atoms. The fourth-order valence-corrected chi connectivity index (χ4v) is 3.13. The maximum Gasteiger partial charge on any atom is 0.254 e. The fraction of sp³-hybridized carbons (Fsp3) is 0.368. The van der Waals surface area contributed by atoms with Gasteiger partial charge in [0.25, 0.3) is 5.91 Å². The molecule has 1 aliphatic rings. The number of carbonyl (C=O) groups is 1. The van der Waals surface area contributed by atoms with Gasteiger partial charge in [-0.25, -0.2) is 4.98 Å². The number of rotatable bonds is 3. The average molecular weight is 309 g/mol. The molecule has 1 unspecified atom stereocenters. The number of likely N-dealkylation sites (tertiary alicyclic amines) is 1. The lowest BCUT2D eigenvalue weighted by Crippen LogP contribution is -2.38. The summed E-state index contributed by atoms with van der Waals surface area (Å²) in [5, 5.41) is 0. The molecule has 0 saturated carbocycles. The molecule has 0 spiro atoms. The molecular weight excluding hydrogens is 286 g/mol. The van der Waals surface area contributed by atoms with Crippen molar-refractivity contribution in [3.8, 4) is 0 Å². The number of anilines is 1. The highest BCUT2D eigenvalue weighted by atomic mass is 16.2. The second kappa shape index (κ2) is 6.82. The number of amides is 1. The van der Waals surface area contributed by atoms with E-state index in [2.05, 4.69) is 11.1 Å². The molecule has 1 saturated heterocycles. The van der Waals surface area contributed by atoms with E-state index in [4.69, 9.17) is 0 Å². The van der Waals surface area contributed by atoms with E-state index in [1.54, 1.807) is 0 Å². The fourth-order valence-electron chi connectivity index (χ4n) is 3.13. The molecule has 2 aromatic rings. The van der Waals surface area contributed by atoms with Crippen LogP contribution in [0, 0.1) is 0 Å². The maximum atomic E-state index is 12.9. The number of hydrogen-bond donors (Lipinski definition) is 0. The second-order valence-electron chi connectivity index (χ2n) is 6.22. The monoisotopic (exact) mass is 309 g/mol. The van der Waals surface area contributed by atoms with Crippen molar-refractivity contribution in [3.63, 3.8) is 0 Å². The Labute approximate surface area is 137 Å². The standard InChI is InChI=1S/C19H23N3O/c1-21(2)18-12-11-16(14-20-18)17-10-6-7-13-22(17)19(23)15-8-4-3-5-9-15/h3-5,8-9,11-12,14,17H,6-7,10,13H2,1-2H3. The molecule has 4 nitrogen and oxygen atoms in total. The van der Waals surface area contributed by atoms with Crippen molar-refractivity contribution < 1.29 is 4.79 Å². The molecule has 0 aliphatic carbocycles. The van der Waals surface area contributed by atoms with Crippen molar-refractivity contribution in [1.29, 1.82) is 0 Å². The van der Waals surface area contributed by atoms with E-state index in [9.17, 15) is 4.79 Å². The van der Waals surface area contributed by atoms with Crippen LogP contribution in [0.25, 0.3) is 0 Å². The Kier molecular flexibility index (Phi) is 4.60. The third-order valence-corrected chi connectivity index (χ3v) is 4.40. The van der Waals surface area contributed by atoms with E-state index in [-0.39, 0.29) is 11.9 Å². The number of benzene rings is 1. The van der Waals surface area contributed by atoms with Gasteiger partial charge < -0.3 is 9.80 Å². The van der Waals surface area contributed by atoms with Crippen LogP contribution in [-0.2, 0) is 0 Å². The Morgan fingerprint density at radius 1 is 1.13 bits per heavy atom. The molecular formula is C19H23N3O. The molecule has 120 valence electrons. The highest BCUT2D eigenvalue weighted by Crippen LogP contribution is 2.32. The highest BCUT2D eigenvalue weighted by Gasteiger charge is 2.28. The van der Waals surface area contributed by atoms with Crippen LogP contribution in [0.2, 0.25) is 0 Å². The summed E-state index contributed by atoms with van der Waals surface area (Å²) >= 11 is 0. The first-order valence-electron chi connectivity index (χ1n) is 8.16. The van der Waals surface area contributed by atoms with Gasteiger partial charge in [0.2, 0.25) is 0 Å². The zero-order chi connectivity index (χ0) is 16.2. The summed E-state index contributed by atoms with van der Waals surface area (Å²) in [6.45, 7) is 0.813. The molecule has 0 bridgehead atoms. The molecule has 1 aromatic carbocycles. The van der Waals surface area contributed by atoms with Gasteiger partial charge in [-0.05, 0) is 43.0 Å². The van der Waals surface area contributed by atoms with Crippen molar-refractivity contribution in [2.45, 2.75) is 25.3 Å². The van der Waals surface area contributed by atoms with Crippen molar-refractivity contribution in [3.05, 3.63) is 59.8 Å². The number of carbonyl (C=O) groups excluding carboxylic acids is 1. The first kappa shape index (κ1) is 15.5. The van der Waals surface area contributed by atoms with Crippen LogP contribution >= 0.6 is 0 Å². The second-order valence-corrected chi connectivity index (χ2v) is 6.22. The number of piperidine rings is 1. The lowest BCUT2D eigenvalue weighted by Gasteiger charge is -2.36. The molecule has 0 N–H and O–H groups in total.